The van der Waals surface area contributed by atoms with E-state index in [-0.39, 0.29) is 16.9 Å². The summed E-state index contributed by atoms with van der Waals surface area (Å²) in [7, 11) is -2.98. The highest BCUT2D eigenvalue weighted by atomic mass is 35.5. The number of carbonyl (C=O) groups is 1. The Hall–Kier alpha value is -0.720. The Morgan fingerprint density at radius 1 is 1.38 bits per heavy atom. The number of thioether (sulfide) groups is 1. The van der Waals surface area contributed by atoms with Crippen molar-refractivity contribution in [1.29, 1.82) is 0 Å². The molecule has 7 heteroatoms. The van der Waals surface area contributed by atoms with E-state index in [4.69, 9.17) is 11.6 Å². The lowest BCUT2D eigenvalue weighted by Crippen LogP contribution is -2.43. The molecule has 0 aromatic heterocycles. The van der Waals surface area contributed by atoms with Crippen molar-refractivity contribution >= 4 is 44.8 Å². The maximum Gasteiger partial charge on any atom is 0.240 e. The number of carbonyl (C=O) groups excluding carboxylic acids is 1. The van der Waals surface area contributed by atoms with Gasteiger partial charge in [-0.05, 0) is 25.0 Å². The van der Waals surface area contributed by atoms with Crippen LogP contribution in [0.4, 0.5) is 5.69 Å². The van der Waals surface area contributed by atoms with E-state index in [2.05, 4.69) is 0 Å². The second-order valence-corrected chi connectivity index (χ2v) is 9.05. The van der Waals surface area contributed by atoms with Gasteiger partial charge in [0.05, 0.1) is 21.7 Å². The smallest absolute Gasteiger partial charge is 0.240 e. The molecule has 1 aromatic rings. The van der Waals surface area contributed by atoms with Gasteiger partial charge in [0.15, 0.2) is 0 Å². The number of anilines is 1. The molecule has 4 nitrogen and oxygen atoms in total. The second kappa shape index (κ2) is 7.03. The van der Waals surface area contributed by atoms with Crippen molar-refractivity contribution < 1.29 is 13.2 Å². The number of para-hydroxylation sites is 1. The molecule has 1 aliphatic heterocycles. The fourth-order valence-corrected chi connectivity index (χ4v) is 4.97. The number of hydrogen-bond acceptors (Lipinski definition) is 4. The van der Waals surface area contributed by atoms with Gasteiger partial charge in [-0.15, -0.1) is 11.8 Å². The molecule has 1 aliphatic rings. The van der Waals surface area contributed by atoms with Crippen molar-refractivity contribution in [2.45, 2.75) is 18.1 Å². The molecule has 1 heterocycles. The van der Waals surface area contributed by atoms with Gasteiger partial charge in [-0.25, -0.2) is 8.42 Å². The van der Waals surface area contributed by atoms with Crippen LogP contribution in [-0.2, 0) is 14.6 Å². The third kappa shape index (κ3) is 4.63. The van der Waals surface area contributed by atoms with Gasteiger partial charge >= 0.3 is 0 Å². The van der Waals surface area contributed by atoms with Gasteiger partial charge in [-0.2, -0.15) is 0 Å². The summed E-state index contributed by atoms with van der Waals surface area (Å²) in [6.45, 7) is 0.658. The highest BCUT2D eigenvalue weighted by Gasteiger charge is 2.30. The molecule has 0 bridgehead atoms. The molecule has 0 saturated carbocycles. The van der Waals surface area contributed by atoms with E-state index >= 15 is 0 Å². The Bertz CT molecular complexity index is 618. The van der Waals surface area contributed by atoms with Crippen LogP contribution in [0.3, 0.4) is 0 Å². The summed E-state index contributed by atoms with van der Waals surface area (Å²) >= 11 is 7.58. The summed E-state index contributed by atoms with van der Waals surface area (Å²) in [5, 5.41) is 0.379. The summed E-state index contributed by atoms with van der Waals surface area (Å²) in [6.07, 6.45) is 2.90. The van der Waals surface area contributed by atoms with Crippen molar-refractivity contribution in [3.63, 3.8) is 0 Å². The lowest BCUT2D eigenvalue weighted by molar-refractivity contribution is -0.119. The van der Waals surface area contributed by atoms with Gasteiger partial charge < -0.3 is 4.90 Å². The van der Waals surface area contributed by atoms with Crippen LogP contribution in [0.25, 0.3) is 0 Å². The van der Waals surface area contributed by atoms with Crippen molar-refractivity contribution in [3.05, 3.63) is 29.3 Å². The summed E-state index contributed by atoms with van der Waals surface area (Å²) in [6, 6.07) is 7.29. The van der Waals surface area contributed by atoms with E-state index in [9.17, 15) is 13.2 Å². The largest absolute Gasteiger partial charge is 0.310 e. The molecule has 1 fully saturated rings. The molecule has 1 atom stereocenters. The van der Waals surface area contributed by atoms with Crippen LogP contribution in [0.15, 0.2) is 24.3 Å². The minimum absolute atomic E-state index is 0.0212. The van der Waals surface area contributed by atoms with E-state index in [1.165, 1.54) is 18.0 Å². The maximum absolute atomic E-state index is 12.5. The lowest BCUT2D eigenvalue weighted by atomic mass is 10.1. The Kier molecular flexibility index (Phi) is 5.57. The molecule has 0 unspecified atom stereocenters. The van der Waals surface area contributed by atoms with Crippen LogP contribution < -0.4 is 4.90 Å². The highest BCUT2D eigenvalue weighted by Crippen LogP contribution is 2.31. The quantitative estimate of drug-likeness (QED) is 0.821. The number of hydrogen-bond donors (Lipinski definition) is 0. The highest BCUT2D eigenvalue weighted by molar-refractivity contribution is 8.01. The molecule has 1 aromatic carbocycles. The fourth-order valence-electron chi connectivity index (χ4n) is 2.25. The number of sulfone groups is 1. The molecule has 21 heavy (non-hydrogen) atoms. The van der Waals surface area contributed by atoms with Crippen LogP contribution in [0.2, 0.25) is 5.02 Å². The van der Waals surface area contributed by atoms with Crippen LogP contribution in [0, 0.1) is 0 Å². The van der Waals surface area contributed by atoms with Gasteiger partial charge in [0, 0.05) is 18.6 Å². The summed E-state index contributed by atoms with van der Waals surface area (Å²) < 4.78 is 22.3. The lowest BCUT2D eigenvalue weighted by Gasteiger charge is -2.32. The van der Waals surface area contributed by atoms with Crippen LogP contribution in [-0.4, -0.2) is 43.9 Å². The minimum atomic E-state index is -2.98. The van der Waals surface area contributed by atoms with Crippen LogP contribution >= 0.6 is 23.4 Å². The van der Waals surface area contributed by atoms with Crippen molar-refractivity contribution in [2.24, 2.45) is 0 Å². The standard InChI is InChI=1S/C14H18ClNO3S2/c1-21(18,19)10-9-20-13-7-4-8-16(14(13)17)12-6-3-2-5-11(12)15/h2-3,5-6,13H,4,7-10H2,1H3/t13-/m0/s1. The zero-order valence-corrected chi connectivity index (χ0v) is 14.2. The zero-order valence-electron chi connectivity index (χ0n) is 11.8. The van der Waals surface area contributed by atoms with Crippen LogP contribution in [0.1, 0.15) is 12.8 Å². The van der Waals surface area contributed by atoms with Crippen molar-refractivity contribution in [3.8, 4) is 0 Å². The molecule has 0 N–H and O–H groups in total. The first kappa shape index (κ1) is 16.6. The Labute approximate surface area is 134 Å². The average molecular weight is 348 g/mol. The molecule has 0 radical (unpaired) electrons. The SMILES string of the molecule is CS(=O)(=O)CCS[C@H]1CCCN(c2ccccc2Cl)C1=O. The Morgan fingerprint density at radius 2 is 2.10 bits per heavy atom. The number of benzene rings is 1. The number of amides is 1. The van der Waals surface area contributed by atoms with Gasteiger partial charge in [0.25, 0.3) is 0 Å². The van der Waals surface area contributed by atoms with E-state index in [0.717, 1.165) is 18.5 Å². The molecule has 1 amide bonds. The number of rotatable bonds is 5. The van der Waals surface area contributed by atoms with Crippen molar-refractivity contribution in [1.82, 2.24) is 0 Å². The number of nitrogens with zero attached hydrogens (tertiary/aromatic N) is 1. The Morgan fingerprint density at radius 3 is 2.76 bits per heavy atom. The molecule has 0 spiro atoms. The van der Waals surface area contributed by atoms with E-state index in [1.807, 2.05) is 18.2 Å². The molecule has 116 valence electrons. The van der Waals surface area contributed by atoms with Crippen molar-refractivity contribution in [2.75, 3.05) is 29.2 Å². The van der Waals surface area contributed by atoms with Crippen LogP contribution in [0.5, 0.6) is 0 Å². The molecular formula is C14H18ClNO3S2. The molecule has 0 aliphatic carbocycles. The zero-order chi connectivity index (χ0) is 15.5. The Balaban J connectivity index is 2.03. The summed E-state index contributed by atoms with van der Waals surface area (Å²) in [4.78, 5) is 14.2. The maximum atomic E-state index is 12.5. The predicted octanol–water partition coefficient (Wildman–Crippen LogP) is 2.61. The monoisotopic (exact) mass is 347 g/mol. The van der Waals surface area contributed by atoms with Gasteiger partial charge in [-0.1, -0.05) is 23.7 Å². The van der Waals surface area contributed by atoms with E-state index < -0.39 is 9.84 Å². The molecule has 2 rings (SSSR count). The first-order chi connectivity index (χ1) is 9.88. The third-order valence-electron chi connectivity index (χ3n) is 3.31. The van der Waals surface area contributed by atoms with E-state index in [0.29, 0.717) is 17.3 Å². The average Bonchev–Trinajstić information content (AvgIpc) is 2.40. The van der Waals surface area contributed by atoms with Gasteiger partial charge in [-0.3, -0.25) is 4.79 Å². The van der Waals surface area contributed by atoms with Gasteiger partial charge in [0.2, 0.25) is 5.91 Å². The summed E-state index contributed by atoms with van der Waals surface area (Å²) in [5.74, 6) is 0.576. The summed E-state index contributed by atoms with van der Waals surface area (Å²) in [5.41, 5.74) is 0.734. The fraction of sp³-hybridized carbons (Fsp3) is 0.500. The topological polar surface area (TPSA) is 54.5 Å². The second-order valence-electron chi connectivity index (χ2n) is 5.07. The number of piperidine rings is 1. The third-order valence-corrected chi connectivity index (χ3v) is 6.11. The van der Waals surface area contributed by atoms with Gasteiger partial charge in [0.1, 0.15) is 9.84 Å². The molecule has 1 saturated heterocycles. The number of halogens is 1. The normalized spacial score (nSPS) is 19.8. The first-order valence-electron chi connectivity index (χ1n) is 6.74. The van der Waals surface area contributed by atoms with E-state index in [1.54, 1.807) is 11.0 Å². The minimum Gasteiger partial charge on any atom is -0.310 e. The molecular weight excluding hydrogens is 330 g/mol. The first-order valence-corrected chi connectivity index (χ1v) is 10.2. The predicted molar refractivity (Wildman–Crippen MR) is 89.0 cm³/mol.